The first-order valence-corrected chi connectivity index (χ1v) is 8.78. The number of hydrogen-bond acceptors (Lipinski definition) is 5. The van der Waals surface area contributed by atoms with E-state index in [-0.39, 0.29) is 0 Å². The molecule has 1 saturated heterocycles. The fraction of sp³-hybridized carbons (Fsp3) is 0.588. The number of likely N-dealkylation sites (tertiary alicyclic amines) is 1. The van der Waals surface area contributed by atoms with E-state index < -0.39 is 0 Å². The third-order valence-electron chi connectivity index (χ3n) is 4.27. The smallest absolute Gasteiger partial charge is 0.216 e. The second-order valence-corrected chi connectivity index (χ2v) is 6.07. The normalized spacial score (nSPS) is 18.1. The van der Waals surface area contributed by atoms with Crippen LogP contribution in [0.3, 0.4) is 0 Å². The lowest BCUT2D eigenvalue weighted by Gasteiger charge is -2.21. The quantitative estimate of drug-likeness (QED) is 0.584. The molecule has 136 valence electrons. The van der Waals surface area contributed by atoms with Gasteiger partial charge in [-0.05, 0) is 25.5 Å². The van der Waals surface area contributed by atoms with Gasteiger partial charge in [0.25, 0.3) is 0 Å². The van der Waals surface area contributed by atoms with E-state index in [0.29, 0.717) is 17.5 Å². The Kier molecular flexibility index (Phi) is 6.05. The lowest BCUT2D eigenvalue weighted by molar-refractivity contribution is 0.114. The largest absolute Gasteiger partial charge is 0.461 e. The molecule has 0 aliphatic carbocycles. The zero-order chi connectivity index (χ0) is 17.5. The molecule has 3 rings (SSSR count). The third kappa shape index (κ3) is 4.60. The molecule has 0 spiro atoms. The number of guanidine groups is 1. The molecule has 1 aliphatic rings. The predicted molar refractivity (Wildman–Crippen MR) is 95.3 cm³/mol. The minimum Gasteiger partial charge on any atom is -0.461 e. The Hall–Kier alpha value is -2.35. The van der Waals surface area contributed by atoms with Crippen molar-refractivity contribution in [2.45, 2.75) is 19.8 Å². The van der Waals surface area contributed by atoms with Gasteiger partial charge < -0.3 is 19.4 Å². The van der Waals surface area contributed by atoms with Crippen molar-refractivity contribution >= 4 is 5.96 Å². The maximum atomic E-state index is 5.54. The third-order valence-corrected chi connectivity index (χ3v) is 4.27. The first kappa shape index (κ1) is 17.5. The molecule has 0 radical (unpaired) electrons. The number of nitrogens with zero attached hydrogens (tertiary/aromatic N) is 4. The van der Waals surface area contributed by atoms with Gasteiger partial charge in [0, 0.05) is 45.6 Å². The van der Waals surface area contributed by atoms with Crippen molar-refractivity contribution in [3.8, 4) is 11.6 Å². The van der Waals surface area contributed by atoms with E-state index in [1.54, 1.807) is 6.26 Å². The van der Waals surface area contributed by atoms with Crippen LogP contribution in [0.5, 0.6) is 0 Å². The number of aromatic amines is 1. The molecule has 1 atom stereocenters. The Morgan fingerprint density at radius 2 is 2.48 bits per heavy atom. The molecule has 2 aromatic rings. The predicted octanol–water partition coefficient (Wildman–Crippen LogP) is 1.54. The molecule has 8 nitrogen and oxygen atoms in total. The van der Waals surface area contributed by atoms with Gasteiger partial charge in [0.15, 0.2) is 11.7 Å². The lowest BCUT2D eigenvalue weighted by atomic mass is 10.1. The molecule has 0 saturated carbocycles. The zero-order valence-corrected chi connectivity index (χ0v) is 14.9. The van der Waals surface area contributed by atoms with Gasteiger partial charge in [-0.1, -0.05) is 0 Å². The van der Waals surface area contributed by atoms with E-state index >= 15 is 0 Å². The van der Waals surface area contributed by atoms with Gasteiger partial charge in [-0.25, -0.2) is 4.98 Å². The molecule has 1 fully saturated rings. The number of furan rings is 1. The Labute approximate surface area is 147 Å². The van der Waals surface area contributed by atoms with Crippen LogP contribution in [0.4, 0.5) is 0 Å². The second-order valence-electron chi connectivity index (χ2n) is 6.07. The Bertz CT molecular complexity index is 666. The van der Waals surface area contributed by atoms with Crippen LogP contribution in [0.15, 0.2) is 27.8 Å². The average Bonchev–Trinajstić information content (AvgIpc) is 3.38. The summed E-state index contributed by atoms with van der Waals surface area (Å²) in [4.78, 5) is 11.1. The first-order valence-electron chi connectivity index (χ1n) is 8.78. The molecule has 0 aromatic carbocycles. The van der Waals surface area contributed by atoms with E-state index in [0.717, 1.165) is 57.5 Å². The number of ether oxygens (including phenoxy) is 1. The number of nitrogens with one attached hydrogen (secondary N) is 2. The van der Waals surface area contributed by atoms with Gasteiger partial charge in [0.2, 0.25) is 5.82 Å². The van der Waals surface area contributed by atoms with Crippen LogP contribution in [0.1, 0.15) is 19.2 Å². The Morgan fingerprint density at radius 1 is 1.56 bits per heavy atom. The molecule has 25 heavy (non-hydrogen) atoms. The summed E-state index contributed by atoms with van der Waals surface area (Å²) in [6, 6.07) is 3.67. The van der Waals surface area contributed by atoms with Crippen LogP contribution in [0.2, 0.25) is 0 Å². The van der Waals surface area contributed by atoms with Crippen LogP contribution in [0.25, 0.3) is 11.6 Å². The van der Waals surface area contributed by atoms with Crippen molar-refractivity contribution in [1.29, 1.82) is 0 Å². The van der Waals surface area contributed by atoms with Gasteiger partial charge in [0.1, 0.15) is 5.82 Å². The number of aliphatic imine (C=N–C) groups is 1. The van der Waals surface area contributed by atoms with Crippen LogP contribution >= 0.6 is 0 Å². The molecule has 8 heteroatoms. The number of rotatable bonds is 7. The molecule has 3 heterocycles. The molecular weight excluding hydrogens is 320 g/mol. The topological polar surface area (TPSA) is 91.6 Å². The van der Waals surface area contributed by atoms with Gasteiger partial charge in [-0.2, -0.15) is 5.10 Å². The fourth-order valence-corrected chi connectivity index (χ4v) is 2.99. The van der Waals surface area contributed by atoms with Crippen molar-refractivity contribution in [3.05, 3.63) is 24.2 Å². The highest BCUT2D eigenvalue weighted by molar-refractivity contribution is 5.80. The van der Waals surface area contributed by atoms with Crippen LogP contribution in [0, 0.1) is 5.92 Å². The molecule has 0 amide bonds. The maximum absolute atomic E-state index is 5.54. The zero-order valence-electron chi connectivity index (χ0n) is 14.9. The number of H-pyrrole nitrogens is 1. The van der Waals surface area contributed by atoms with E-state index in [1.807, 2.05) is 26.1 Å². The summed E-state index contributed by atoms with van der Waals surface area (Å²) in [6.45, 7) is 6.39. The van der Waals surface area contributed by atoms with Crippen LogP contribution in [-0.2, 0) is 11.2 Å². The molecular formula is C17H26N6O2. The monoisotopic (exact) mass is 346 g/mol. The molecule has 2 aromatic heterocycles. The highest BCUT2D eigenvalue weighted by atomic mass is 16.5. The highest BCUT2D eigenvalue weighted by Crippen LogP contribution is 2.17. The van der Waals surface area contributed by atoms with Crippen molar-refractivity contribution in [1.82, 2.24) is 25.4 Å². The molecule has 0 bridgehead atoms. The van der Waals surface area contributed by atoms with Crippen LogP contribution < -0.4 is 5.32 Å². The van der Waals surface area contributed by atoms with E-state index in [9.17, 15) is 0 Å². The van der Waals surface area contributed by atoms with Gasteiger partial charge in [0.05, 0.1) is 12.9 Å². The van der Waals surface area contributed by atoms with Crippen LogP contribution in [-0.4, -0.2) is 65.9 Å². The van der Waals surface area contributed by atoms with E-state index in [4.69, 9.17) is 9.15 Å². The second kappa shape index (κ2) is 8.66. The minimum absolute atomic E-state index is 0.586. The molecule has 1 unspecified atom stereocenters. The lowest BCUT2D eigenvalue weighted by Crippen LogP contribution is -2.41. The number of hydrogen-bond donors (Lipinski definition) is 2. The highest BCUT2D eigenvalue weighted by Gasteiger charge is 2.24. The van der Waals surface area contributed by atoms with Gasteiger partial charge >= 0.3 is 0 Å². The van der Waals surface area contributed by atoms with Crippen molar-refractivity contribution in [3.63, 3.8) is 0 Å². The van der Waals surface area contributed by atoms with E-state index in [1.165, 1.54) is 0 Å². The summed E-state index contributed by atoms with van der Waals surface area (Å²) in [6.07, 6.45) is 3.50. The maximum Gasteiger partial charge on any atom is 0.216 e. The summed E-state index contributed by atoms with van der Waals surface area (Å²) in [5.41, 5.74) is 0. The number of aromatic nitrogens is 3. The molecule has 2 N–H and O–H groups in total. The van der Waals surface area contributed by atoms with Gasteiger partial charge in [-0.3, -0.25) is 10.1 Å². The van der Waals surface area contributed by atoms with E-state index in [2.05, 4.69) is 30.4 Å². The standard InChI is InChI=1S/C17H26N6O2/c1-3-24-12-13-7-9-23(11-13)17(18-2)19-8-6-15-20-16(22-21-15)14-5-4-10-25-14/h4-5,10,13H,3,6-9,11-12H2,1-2H3,(H,18,19)(H,20,21,22). The Balaban J connectivity index is 1.45. The van der Waals surface area contributed by atoms with Gasteiger partial charge in [-0.15, -0.1) is 0 Å². The molecule has 1 aliphatic heterocycles. The first-order chi connectivity index (χ1) is 12.3. The summed E-state index contributed by atoms with van der Waals surface area (Å²) in [5, 5.41) is 10.5. The summed E-state index contributed by atoms with van der Waals surface area (Å²) >= 11 is 0. The summed E-state index contributed by atoms with van der Waals surface area (Å²) in [5.74, 6) is 3.60. The van der Waals surface area contributed by atoms with Crippen molar-refractivity contribution in [2.75, 3.05) is 39.9 Å². The van der Waals surface area contributed by atoms with Crippen molar-refractivity contribution in [2.24, 2.45) is 10.9 Å². The SMILES string of the molecule is CCOCC1CCN(C(=NC)NCCc2nc(-c3ccco3)n[nH]2)C1. The summed E-state index contributed by atoms with van der Waals surface area (Å²) < 4.78 is 10.8. The average molecular weight is 346 g/mol. The minimum atomic E-state index is 0.586. The fourth-order valence-electron chi connectivity index (χ4n) is 2.99. The Morgan fingerprint density at radius 3 is 3.24 bits per heavy atom. The van der Waals surface area contributed by atoms with Crippen molar-refractivity contribution < 1.29 is 9.15 Å². The summed E-state index contributed by atoms with van der Waals surface area (Å²) in [7, 11) is 1.82.